The molecular formula is C21H17N5O. The van der Waals surface area contributed by atoms with Gasteiger partial charge >= 0.3 is 0 Å². The minimum absolute atomic E-state index is 0.294. The van der Waals surface area contributed by atoms with Crippen molar-refractivity contribution >= 4 is 11.6 Å². The largest absolute Gasteiger partial charge is 0.317 e. The summed E-state index contributed by atoms with van der Waals surface area (Å²) in [6.07, 6.45) is 3.45. The molecule has 3 aromatic heterocycles. The highest BCUT2D eigenvalue weighted by molar-refractivity contribution is 6.04. The molecule has 4 rings (SSSR count). The van der Waals surface area contributed by atoms with Crippen molar-refractivity contribution in [1.29, 1.82) is 0 Å². The molecule has 132 valence electrons. The van der Waals surface area contributed by atoms with Gasteiger partial charge in [-0.25, -0.2) is 4.98 Å². The van der Waals surface area contributed by atoms with Gasteiger partial charge < -0.3 is 5.32 Å². The summed E-state index contributed by atoms with van der Waals surface area (Å²) in [7, 11) is 1.80. The zero-order chi connectivity index (χ0) is 18.6. The molecule has 1 amide bonds. The number of pyridine rings is 2. The van der Waals surface area contributed by atoms with Crippen LogP contribution in [0.25, 0.3) is 22.6 Å². The van der Waals surface area contributed by atoms with Gasteiger partial charge in [-0.1, -0.05) is 42.5 Å². The van der Waals surface area contributed by atoms with Crippen LogP contribution in [0.2, 0.25) is 0 Å². The van der Waals surface area contributed by atoms with E-state index in [1.807, 2.05) is 60.7 Å². The molecule has 0 unspecified atom stereocenters. The van der Waals surface area contributed by atoms with Crippen LogP contribution in [-0.2, 0) is 7.05 Å². The Morgan fingerprint density at radius 2 is 1.70 bits per heavy atom. The average molecular weight is 355 g/mol. The molecule has 0 spiro atoms. The molecule has 4 aromatic rings. The maximum absolute atomic E-state index is 12.8. The third-order valence-electron chi connectivity index (χ3n) is 4.04. The number of hydrogen-bond donors (Lipinski definition) is 1. The van der Waals surface area contributed by atoms with Crippen molar-refractivity contribution in [1.82, 2.24) is 19.7 Å². The smallest absolute Gasteiger partial charge is 0.274 e. The summed E-state index contributed by atoms with van der Waals surface area (Å²) >= 11 is 0. The van der Waals surface area contributed by atoms with Crippen LogP contribution in [0.15, 0.2) is 79.1 Å². The number of carbonyl (C=O) groups excluding carboxylic acids is 1. The monoisotopic (exact) mass is 355 g/mol. The zero-order valence-electron chi connectivity index (χ0n) is 14.7. The SMILES string of the molecule is Cn1cc(NC(=O)c2cccc(-c3ccccc3)n2)c(-c2ccccn2)n1. The van der Waals surface area contributed by atoms with Gasteiger partial charge in [0.1, 0.15) is 11.4 Å². The van der Waals surface area contributed by atoms with Crippen LogP contribution in [0.4, 0.5) is 5.69 Å². The summed E-state index contributed by atoms with van der Waals surface area (Å²) in [6, 6.07) is 20.7. The first-order valence-corrected chi connectivity index (χ1v) is 8.49. The number of nitrogens with zero attached hydrogens (tertiary/aromatic N) is 4. The predicted octanol–water partition coefficient (Wildman–Crippen LogP) is 3.80. The molecule has 0 aliphatic rings. The van der Waals surface area contributed by atoms with Crippen molar-refractivity contribution in [2.45, 2.75) is 0 Å². The lowest BCUT2D eigenvalue weighted by molar-refractivity contribution is 0.102. The Kier molecular flexibility index (Phi) is 4.45. The van der Waals surface area contributed by atoms with Crippen LogP contribution in [0.5, 0.6) is 0 Å². The fourth-order valence-corrected chi connectivity index (χ4v) is 2.79. The molecule has 0 atom stereocenters. The number of anilines is 1. The van der Waals surface area contributed by atoms with Gasteiger partial charge in [-0.2, -0.15) is 5.10 Å². The molecule has 0 bridgehead atoms. The molecule has 0 saturated heterocycles. The third-order valence-corrected chi connectivity index (χ3v) is 4.04. The summed E-state index contributed by atoms with van der Waals surface area (Å²) in [4.78, 5) is 21.6. The van der Waals surface area contributed by atoms with Crippen LogP contribution in [0, 0.1) is 0 Å². The van der Waals surface area contributed by atoms with Crippen LogP contribution in [0.1, 0.15) is 10.5 Å². The number of rotatable bonds is 4. The maximum Gasteiger partial charge on any atom is 0.274 e. The summed E-state index contributed by atoms with van der Waals surface area (Å²) in [5, 5.41) is 7.31. The van der Waals surface area contributed by atoms with E-state index in [1.165, 1.54) is 0 Å². The molecule has 0 aliphatic carbocycles. The standard InChI is InChI=1S/C21H17N5O/c1-26-14-19(20(25-26)17-10-5-6-13-22-17)24-21(27)18-12-7-11-16(23-18)15-8-3-2-4-9-15/h2-14H,1H3,(H,24,27). The van der Waals surface area contributed by atoms with Gasteiger partial charge in [0.15, 0.2) is 0 Å². The van der Waals surface area contributed by atoms with Crippen molar-refractivity contribution in [3.8, 4) is 22.6 Å². The molecule has 0 radical (unpaired) electrons. The number of aromatic nitrogens is 4. The maximum atomic E-state index is 12.8. The second-order valence-electron chi connectivity index (χ2n) is 6.01. The van der Waals surface area contributed by atoms with Gasteiger partial charge in [0, 0.05) is 25.0 Å². The van der Waals surface area contributed by atoms with E-state index in [0.29, 0.717) is 22.8 Å². The Bertz CT molecular complexity index is 1070. The lowest BCUT2D eigenvalue weighted by Crippen LogP contribution is -2.14. The van der Waals surface area contributed by atoms with E-state index in [9.17, 15) is 4.79 Å². The number of aryl methyl sites for hydroxylation is 1. The highest BCUT2D eigenvalue weighted by atomic mass is 16.1. The second-order valence-corrected chi connectivity index (χ2v) is 6.01. The Labute approximate surface area is 156 Å². The topological polar surface area (TPSA) is 72.7 Å². The van der Waals surface area contributed by atoms with Crippen molar-refractivity contribution in [3.05, 3.63) is 84.8 Å². The van der Waals surface area contributed by atoms with E-state index in [4.69, 9.17) is 0 Å². The number of carbonyl (C=O) groups is 1. The van der Waals surface area contributed by atoms with Crippen molar-refractivity contribution < 1.29 is 4.79 Å². The minimum atomic E-state index is -0.294. The molecule has 6 nitrogen and oxygen atoms in total. The predicted molar refractivity (Wildman–Crippen MR) is 104 cm³/mol. The van der Waals surface area contributed by atoms with Crippen LogP contribution in [-0.4, -0.2) is 25.7 Å². The van der Waals surface area contributed by atoms with Gasteiger partial charge in [-0.15, -0.1) is 0 Å². The zero-order valence-corrected chi connectivity index (χ0v) is 14.7. The third kappa shape index (κ3) is 3.59. The molecule has 1 N–H and O–H groups in total. The van der Waals surface area contributed by atoms with Gasteiger partial charge in [0.25, 0.3) is 5.91 Å². The fraction of sp³-hybridized carbons (Fsp3) is 0.0476. The van der Waals surface area contributed by atoms with Crippen LogP contribution < -0.4 is 5.32 Å². The highest BCUT2D eigenvalue weighted by Gasteiger charge is 2.16. The minimum Gasteiger partial charge on any atom is -0.317 e. The summed E-state index contributed by atoms with van der Waals surface area (Å²) < 4.78 is 1.65. The van der Waals surface area contributed by atoms with Gasteiger partial charge in [0.2, 0.25) is 0 Å². The summed E-state index contributed by atoms with van der Waals surface area (Å²) in [6.45, 7) is 0. The Morgan fingerprint density at radius 1 is 0.926 bits per heavy atom. The van der Waals surface area contributed by atoms with E-state index in [1.54, 1.807) is 30.2 Å². The number of amides is 1. The van der Waals surface area contributed by atoms with E-state index < -0.39 is 0 Å². The number of hydrogen-bond acceptors (Lipinski definition) is 4. The molecule has 0 fully saturated rings. The lowest BCUT2D eigenvalue weighted by Gasteiger charge is -2.06. The normalized spacial score (nSPS) is 10.6. The number of benzene rings is 1. The Balaban J connectivity index is 1.63. The molecule has 3 heterocycles. The Hall–Kier alpha value is -3.80. The van der Waals surface area contributed by atoms with E-state index in [-0.39, 0.29) is 5.91 Å². The summed E-state index contributed by atoms with van der Waals surface area (Å²) in [5.41, 5.74) is 3.95. The molecule has 27 heavy (non-hydrogen) atoms. The van der Waals surface area contributed by atoms with Crippen LogP contribution >= 0.6 is 0 Å². The second kappa shape index (κ2) is 7.21. The van der Waals surface area contributed by atoms with Crippen molar-refractivity contribution in [2.24, 2.45) is 7.05 Å². The first-order chi connectivity index (χ1) is 13.2. The fourth-order valence-electron chi connectivity index (χ4n) is 2.79. The molecule has 0 saturated carbocycles. The van der Waals surface area contributed by atoms with Crippen molar-refractivity contribution in [3.63, 3.8) is 0 Å². The van der Waals surface area contributed by atoms with Crippen LogP contribution in [0.3, 0.4) is 0 Å². The lowest BCUT2D eigenvalue weighted by atomic mass is 10.1. The first kappa shape index (κ1) is 16.7. The summed E-state index contributed by atoms with van der Waals surface area (Å²) in [5.74, 6) is -0.294. The number of nitrogens with one attached hydrogen (secondary N) is 1. The van der Waals surface area contributed by atoms with Gasteiger partial charge in [-0.3, -0.25) is 14.5 Å². The van der Waals surface area contributed by atoms with E-state index >= 15 is 0 Å². The van der Waals surface area contributed by atoms with Crippen molar-refractivity contribution in [2.75, 3.05) is 5.32 Å². The van der Waals surface area contributed by atoms with E-state index in [2.05, 4.69) is 20.4 Å². The van der Waals surface area contributed by atoms with Gasteiger partial charge in [0.05, 0.1) is 17.1 Å². The molecule has 1 aromatic carbocycles. The molecular weight excluding hydrogens is 338 g/mol. The molecule has 0 aliphatic heterocycles. The first-order valence-electron chi connectivity index (χ1n) is 8.49. The quantitative estimate of drug-likeness (QED) is 0.604. The van der Waals surface area contributed by atoms with Gasteiger partial charge in [-0.05, 0) is 24.3 Å². The molecule has 6 heteroatoms. The Morgan fingerprint density at radius 3 is 2.48 bits per heavy atom. The average Bonchev–Trinajstić information content (AvgIpc) is 3.09. The van der Waals surface area contributed by atoms with E-state index in [0.717, 1.165) is 11.3 Å². The highest BCUT2D eigenvalue weighted by Crippen LogP contribution is 2.25.